The summed E-state index contributed by atoms with van der Waals surface area (Å²) in [4.78, 5) is 14.0. The van der Waals surface area contributed by atoms with Gasteiger partial charge in [0.05, 0.1) is 11.6 Å². The molecule has 0 aliphatic heterocycles. The van der Waals surface area contributed by atoms with Gasteiger partial charge in [0.1, 0.15) is 0 Å². The van der Waals surface area contributed by atoms with Crippen molar-refractivity contribution in [2.75, 3.05) is 6.54 Å². The van der Waals surface area contributed by atoms with Crippen molar-refractivity contribution >= 4 is 5.91 Å². The second-order valence-corrected chi connectivity index (χ2v) is 4.93. The Bertz CT molecular complexity index is 479. The first kappa shape index (κ1) is 16.2. The maximum absolute atomic E-state index is 12.2. The summed E-state index contributed by atoms with van der Waals surface area (Å²) in [6.07, 6.45) is 2.21. The van der Waals surface area contributed by atoms with E-state index in [1.54, 1.807) is 11.0 Å². The van der Waals surface area contributed by atoms with E-state index in [0.29, 0.717) is 25.1 Å². The van der Waals surface area contributed by atoms with Gasteiger partial charge in [-0.3, -0.25) is 4.79 Å². The first-order valence-electron chi connectivity index (χ1n) is 7.13. The van der Waals surface area contributed by atoms with Gasteiger partial charge in [-0.25, -0.2) is 0 Å². The molecule has 1 aromatic rings. The Hall–Kier alpha value is -1.86. The number of carbonyl (C=O) groups excluding carboxylic acids is 1. The van der Waals surface area contributed by atoms with Crippen molar-refractivity contribution in [1.82, 2.24) is 4.90 Å². The van der Waals surface area contributed by atoms with Gasteiger partial charge in [-0.1, -0.05) is 31.5 Å². The van der Waals surface area contributed by atoms with Gasteiger partial charge < -0.3 is 10.6 Å². The summed E-state index contributed by atoms with van der Waals surface area (Å²) in [7, 11) is 0. The summed E-state index contributed by atoms with van der Waals surface area (Å²) >= 11 is 0. The van der Waals surface area contributed by atoms with Crippen LogP contribution in [0.25, 0.3) is 0 Å². The van der Waals surface area contributed by atoms with E-state index in [0.717, 1.165) is 18.4 Å². The molecular formula is C16H23N3O. The molecule has 0 spiro atoms. The Kier molecular flexibility index (Phi) is 6.75. The predicted molar refractivity (Wildman–Crippen MR) is 79.7 cm³/mol. The summed E-state index contributed by atoms with van der Waals surface area (Å²) in [6.45, 7) is 5.10. The lowest BCUT2D eigenvalue weighted by molar-refractivity contribution is -0.132. The van der Waals surface area contributed by atoms with Crippen LogP contribution in [0.4, 0.5) is 0 Å². The van der Waals surface area contributed by atoms with E-state index >= 15 is 0 Å². The standard InChI is InChI=1S/C16H23N3O/c1-3-7-15(18)10-16(20)19(4-2)12-14-9-6-5-8-13(14)11-17/h5-6,8-9,15H,3-4,7,10,12,18H2,1-2H3. The van der Waals surface area contributed by atoms with Crippen LogP contribution in [-0.4, -0.2) is 23.4 Å². The largest absolute Gasteiger partial charge is 0.339 e. The van der Waals surface area contributed by atoms with Crippen LogP contribution < -0.4 is 5.73 Å². The maximum Gasteiger partial charge on any atom is 0.224 e. The predicted octanol–water partition coefficient (Wildman–Crippen LogP) is 2.42. The van der Waals surface area contributed by atoms with Crippen LogP contribution >= 0.6 is 0 Å². The number of hydrogen-bond acceptors (Lipinski definition) is 3. The number of nitrogens with zero attached hydrogens (tertiary/aromatic N) is 2. The smallest absolute Gasteiger partial charge is 0.224 e. The number of carbonyl (C=O) groups is 1. The molecule has 0 heterocycles. The molecule has 1 aromatic carbocycles. The van der Waals surface area contributed by atoms with E-state index in [2.05, 4.69) is 13.0 Å². The van der Waals surface area contributed by atoms with E-state index in [1.165, 1.54) is 0 Å². The SMILES string of the molecule is CCCC(N)CC(=O)N(CC)Cc1ccccc1C#N. The average Bonchev–Trinajstić information content (AvgIpc) is 2.45. The lowest BCUT2D eigenvalue weighted by Crippen LogP contribution is -2.35. The summed E-state index contributed by atoms with van der Waals surface area (Å²) in [6, 6.07) is 9.47. The first-order valence-corrected chi connectivity index (χ1v) is 7.13. The van der Waals surface area contributed by atoms with Crippen LogP contribution in [0.1, 0.15) is 44.2 Å². The minimum atomic E-state index is -0.0761. The lowest BCUT2D eigenvalue weighted by Gasteiger charge is -2.23. The average molecular weight is 273 g/mol. The molecule has 0 aliphatic carbocycles. The van der Waals surface area contributed by atoms with Crippen molar-refractivity contribution in [3.63, 3.8) is 0 Å². The van der Waals surface area contributed by atoms with Gasteiger partial charge in [-0.05, 0) is 25.0 Å². The van der Waals surface area contributed by atoms with Crippen molar-refractivity contribution < 1.29 is 4.79 Å². The van der Waals surface area contributed by atoms with E-state index in [4.69, 9.17) is 11.0 Å². The first-order chi connectivity index (χ1) is 9.62. The van der Waals surface area contributed by atoms with E-state index in [1.807, 2.05) is 25.1 Å². The van der Waals surface area contributed by atoms with Crippen molar-refractivity contribution in [3.8, 4) is 6.07 Å². The molecule has 0 fully saturated rings. The third kappa shape index (κ3) is 4.67. The molecule has 1 unspecified atom stereocenters. The molecule has 4 heteroatoms. The molecule has 0 bridgehead atoms. The van der Waals surface area contributed by atoms with Crippen molar-refractivity contribution in [3.05, 3.63) is 35.4 Å². The second-order valence-electron chi connectivity index (χ2n) is 4.93. The Labute approximate surface area is 121 Å². The van der Waals surface area contributed by atoms with Crippen LogP contribution in [0.5, 0.6) is 0 Å². The van der Waals surface area contributed by atoms with Gasteiger partial charge in [-0.2, -0.15) is 5.26 Å². The number of nitrogens with two attached hydrogens (primary N) is 1. The van der Waals surface area contributed by atoms with Crippen molar-refractivity contribution in [1.29, 1.82) is 5.26 Å². The molecule has 1 amide bonds. The minimum Gasteiger partial charge on any atom is -0.339 e. The van der Waals surface area contributed by atoms with E-state index < -0.39 is 0 Å². The summed E-state index contributed by atoms with van der Waals surface area (Å²) < 4.78 is 0. The Morgan fingerprint density at radius 1 is 1.40 bits per heavy atom. The number of hydrogen-bond donors (Lipinski definition) is 1. The van der Waals surface area contributed by atoms with Gasteiger partial charge in [0.15, 0.2) is 0 Å². The zero-order valence-corrected chi connectivity index (χ0v) is 12.3. The van der Waals surface area contributed by atoms with Gasteiger partial charge >= 0.3 is 0 Å². The molecule has 20 heavy (non-hydrogen) atoms. The van der Waals surface area contributed by atoms with Crippen molar-refractivity contribution in [2.45, 2.75) is 45.7 Å². The Morgan fingerprint density at radius 3 is 2.70 bits per heavy atom. The molecular weight excluding hydrogens is 250 g/mol. The van der Waals surface area contributed by atoms with Gasteiger partial charge in [0.2, 0.25) is 5.91 Å². The third-order valence-electron chi connectivity index (χ3n) is 3.33. The molecule has 0 aliphatic rings. The second kappa shape index (κ2) is 8.34. The molecule has 108 valence electrons. The number of nitriles is 1. The molecule has 2 N–H and O–H groups in total. The highest BCUT2D eigenvalue weighted by molar-refractivity contribution is 5.76. The molecule has 0 radical (unpaired) electrons. The van der Waals surface area contributed by atoms with E-state index in [-0.39, 0.29) is 11.9 Å². The number of amides is 1. The molecule has 0 saturated heterocycles. The van der Waals surface area contributed by atoms with Crippen LogP contribution in [0.2, 0.25) is 0 Å². The maximum atomic E-state index is 12.2. The molecule has 1 rings (SSSR count). The fourth-order valence-corrected chi connectivity index (χ4v) is 2.18. The molecule has 4 nitrogen and oxygen atoms in total. The van der Waals surface area contributed by atoms with Crippen LogP contribution in [0.15, 0.2) is 24.3 Å². The lowest BCUT2D eigenvalue weighted by atomic mass is 10.1. The molecule has 0 aromatic heterocycles. The van der Waals surface area contributed by atoms with Crippen LogP contribution in [-0.2, 0) is 11.3 Å². The highest BCUT2D eigenvalue weighted by Gasteiger charge is 2.16. The molecule has 0 saturated carbocycles. The topological polar surface area (TPSA) is 70.1 Å². The fourth-order valence-electron chi connectivity index (χ4n) is 2.18. The van der Waals surface area contributed by atoms with Crippen LogP contribution in [0.3, 0.4) is 0 Å². The van der Waals surface area contributed by atoms with Crippen molar-refractivity contribution in [2.24, 2.45) is 5.73 Å². The highest BCUT2D eigenvalue weighted by atomic mass is 16.2. The van der Waals surface area contributed by atoms with Crippen LogP contribution in [0, 0.1) is 11.3 Å². The van der Waals surface area contributed by atoms with E-state index in [9.17, 15) is 4.79 Å². The third-order valence-corrected chi connectivity index (χ3v) is 3.33. The minimum absolute atomic E-state index is 0.0567. The normalized spacial score (nSPS) is 11.7. The van der Waals surface area contributed by atoms with Gasteiger partial charge in [0, 0.05) is 25.6 Å². The van der Waals surface area contributed by atoms with Gasteiger partial charge in [-0.15, -0.1) is 0 Å². The zero-order valence-electron chi connectivity index (χ0n) is 12.3. The highest BCUT2D eigenvalue weighted by Crippen LogP contribution is 2.12. The number of benzene rings is 1. The molecule has 1 atom stereocenters. The van der Waals surface area contributed by atoms with Gasteiger partial charge in [0.25, 0.3) is 0 Å². The number of rotatable bonds is 7. The monoisotopic (exact) mass is 273 g/mol. The summed E-state index contributed by atoms with van der Waals surface area (Å²) in [5.41, 5.74) is 7.43. The Morgan fingerprint density at radius 2 is 2.10 bits per heavy atom. The Balaban J connectivity index is 2.72. The fraction of sp³-hybridized carbons (Fsp3) is 0.500. The summed E-state index contributed by atoms with van der Waals surface area (Å²) in [5.74, 6) is 0.0567. The summed E-state index contributed by atoms with van der Waals surface area (Å²) in [5, 5.41) is 9.08. The quantitative estimate of drug-likeness (QED) is 0.829. The zero-order chi connectivity index (χ0) is 15.0.